The Morgan fingerprint density at radius 2 is 1.78 bits per heavy atom. The van der Waals surface area contributed by atoms with Gasteiger partial charge in [-0.2, -0.15) is 10.2 Å². The van der Waals surface area contributed by atoms with E-state index in [1.54, 1.807) is 10.9 Å². The maximum absolute atomic E-state index is 13.4. The molecule has 0 radical (unpaired) electrons. The zero-order valence-corrected chi connectivity index (χ0v) is 18.0. The second kappa shape index (κ2) is 8.26. The summed E-state index contributed by atoms with van der Waals surface area (Å²) in [6.45, 7) is 3.90. The van der Waals surface area contributed by atoms with E-state index in [-0.39, 0.29) is 18.5 Å². The summed E-state index contributed by atoms with van der Waals surface area (Å²) in [5, 5.41) is 10.7. The first-order valence-electron chi connectivity index (χ1n) is 10.6. The van der Waals surface area contributed by atoms with Crippen LogP contribution < -0.4 is 0 Å². The molecule has 1 aliphatic rings. The van der Waals surface area contributed by atoms with Crippen molar-refractivity contribution in [1.82, 2.24) is 19.8 Å². The maximum Gasteiger partial charge on any atom is 0.265 e. The molecule has 0 fully saturated rings. The van der Waals surface area contributed by atoms with Crippen molar-refractivity contribution in [2.45, 2.75) is 32.9 Å². The molecular formula is C25H23N5O2. The minimum Gasteiger partial charge on any atom is -0.467 e. The van der Waals surface area contributed by atoms with Crippen LogP contribution in [0.5, 0.6) is 0 Å². The summed E-state index contributed by atoms with van der Waals surface area (Å²) in [7, 11) is 0. The fourth-order valence-electron chi connectivity index (χ4n) is 3.93. The highest BCUT2D eigenvalue weighted by Crippen LogP contribution is 2.33. The van der Waals surface area contributed by atoms with E-state index in [4.69, 9.17) is 9.52 Å². The standard InChI is InChI=1S/C25H23N5O2/c1-17-10-12-19(13-11-17)21-15-22(23-9-6-14-32-23)30(28-21)24(31)16-29-25(26-18(2)27-29)20-7-4-3-5-8-20/h3-14,22H,15-16H2,1-2H3. The number of rotatable bonds is 5. The molecule has 160 valence electrons. The first kappa shape index (κ1) is 19.9. The summed E-state index contributed by atoms with van der Waals surface area (Å²) in [6, 6.07) is 21.3. The molecular weight excluding hydrogens is 402 g/mol. The first-order valence-corrected chi connectivity index (χ1v) is 10.6. The molecule has 2 aromatic heterocycles. The highest BCUT2D eigenvalue weighted by Gasteiger charge is 2.35. The molecule has 1 aliphatic heterocycles. The Bertz CT molecular complexity index is 1260. The Balaban J connectivity index is 1.46. The summed E-state index contributed by atoms with van der Waals surface area (Å²) < 4.78 is 7.29. The van der Waals surface area contributed by atoms with E-state index in [9.17, 15) is 4.79 Å². The number of aryl methyl sites for hydroxylation is 2. The molecule has 0 N–H and O–H groups in total. The van der Waals surface area contributed by atoms with Gasteiger partial charge in [-0.15, -0.1) is 0 Å². The van der Waals surface area contributed by atoms with Gasteiger partial charge in [0.15, 0.2) is 5.82 Å². The quantitative estimate of drug-likeness (QED) is 0.471. The van der Waals surface area contributed by atoms with E-state index in [1.165, 1.54) is 10.6 Å². The third kappa shape index (κ3) is 3.85. The number of nitrogens with zero attached hydrogens (tertiary/aromatic N) is 5. The van der Waals surface area contributed by atoms with E-state index in [1.807, 2.05) is 68.4 Å². The van der Waals surface area contributed by atoms with Gasteiger partial charge in [-0.1, -0.05) is 60.2 Å². The fraction of sp³-hybridized carbons (Fsp3) is 0.200. The van der Waals surface area contributed by atoms with Gasteiger partial charge in [-0.3, -0.25) is 4.79 Å². The van der Waals surface area contributed by atoms with Crippen molar-refractivity contribution >= 4 is 11.6 Å². The van der Waals surface area contributed by atoms with Crippen LogP contribution in [0.25, 0.3) is 11.4 Å². The van der Waals surface area contributed by atoms with Gasteiger partial charge in [0, 0.05) is 12.0 Å². The van der Waals surface area contributed by atoms with Gasteiger partial charge in [-0.05, 0) is 31.5 Å². The smallest absolute Gasteiger partial charge is 0.265 e. The van der Waals surface area contributed by atoms with Crippen LogP contribution >= 0.6 is 0 Å². The third-order valence-corrected chi connectivity index (χ3v) is 5.52. The molecule has 0 bridgehead atoms. The van der Waals surface area contributed by atoms with Crippen molar-refractivity contribution < 1.29 is 9.21 Å². The van der Waals surface area contributed by atoms with Crippen molar-refractivity contribution in [3.63, 3.8) is 0 Å². The number of furan rings is 1. The molecule has 3 heterocycles. The van der Waals surface area contributed by atoms with E-state index in [2.05, 4.69) is 22.2 Å². The number of hydrogen-bond acceptors (Lipinski definition) is 5. The largest absolute Gasteiger partial charge is 0.467 e. The van der Waals surface area contributed by atoms with Gasteiger partial charge in [0.1, 0.15) is 24.2 Å². The lowest BCUT2D eigenvalue weighted by Crippen LogP contribution is -2.30. The number of aromatic nitrogens is 3. The van der Waals surface area contributed by atoms with Crippen molar-refractivity contribution in [2.24, 2.45) is 5.10 Å². The number of carbonyl (C=O) groups is 1. The van der Waals surface area contributed by atoms with Crippen LogP contribution in [0, 0.1) is 13.8 Å². The summed E-state index contributed by atoms with van der Waals surface area (Å²) in [5.41, 5.74) is 3.95. The minimum atomic E-state index is -0.293. The lowest BCUT2D eigenvalue weighted by Gasteiger charge is -2.20. The molecule has 32 heavy (non-hydrogen) atoms. The molecule has 5 rings (SSSR count). The number of hydrazone groups is 1. The van der Waals surface area contributed by atoms with Crippen LogP contribution in [0.4, 0.5) is 0 Å². The van der Waals surface area contributed by atoms with Crippen LogP contribution in [-0.4, -0.2) is 31.4 Å². The highest BCUT2D eigenvalue weighted by atomic mass is 16.3. The van der Waals surface area contributed by atoms with Gasteiger partial charge < -0.3 is 4.42 Å². The normalized spacial score (nSPS) is 15.8. The van der Waals surface area contributed by atoms with Crippen LogP contribution in [0.3, 0.4) is 0 Å². The number of amides is 1. The first-order chi connectivity index (χ1) is 15.6. The second-order valence-corrected chi connectivity index (χ2v) is 7.89. The Labute approximate surface area is 186 Å². The number of hydrogen-bond donors (Lipinski definition) is 0. The molecule has 7 nitrogen and oxygen atoms in total. The summed E-state index contributed by atoms with van der Waals surface area (Å²) in [5.74, 6) is 1.82. The van der Waals surface area contributed by atoms with Gasteiger partial charge in [-0.25, -0.2) is 14.7 Å². The van der Waals surface area contributed by atoms with Crippen molar-refractivity contribution in [2.75, 3.05) is 0 Å². The fourth-order valence-corrected chi connectivity index (χ4v) is 3.93. The molecule has 1 unspecified atom stereocenters. The second-order valence-electron chi connectivity index (χ2n) is 7.89. The van der Waals surface area contributed by atoms with E-state index < -0.39 is 0 Å². The molecule has 1 amide bonds. The zero-order valence-electron chi connectivity index (χ0n) is 18.0. The molecule has 7 heteroatoms. The summed E-state index contributed by atoms with van der Waals surface area (Å²) in [4.78, 5) is 18.0. The molecule has 1 atom stereocenters. The minimum absolute atomic E-state index is 0.0347. The van der Waals surface area contributed by atoms with Crippen LogP contribution in [-0.2, 0) is 11.3 Å². The molecule has 4 aromatic rings. The Kier molecular flexibility index (Phi) is 5.15. The average Bonchev–Trinajstić information content (AvgIpc) is 3.54. The monoisotopic (exact) mass is 425 g/mol. The van der Waals surface area contributed by atoms with Crippen molar-refractivity contribution in [1.29, 1.82) is 0 Å². The predicted molar refractivity (Wildman–Crippen MR) is 121 cm³/mol. The van der Waals surface area contributed by atoms with Gasteiger partial charge in [0.05, 0.1) is 12.0 Å². The topological polar surface area (TPSA) is 76.5 Å². The average molecular weight is 425 g/mol. The predicted octanol–water partition coefficient (Wildman–Crippen LogP) is 4.53. The number of carbonyl (C=O) groups excluding carboxylic acids is 1. The summed E-state index contributed by atoms with van der Waals surface area (Å²) >= 11 is 0. The molecule has 0 saturated carbocycles. The zero-order chi connectivity index (χ0) is 22.1. The highest BCUT2D eigenvalue weighted by molar-refractivity contribution is 6.03. The number of benzene rings is 2. The Hall–Kier alpha value is -4.00. The van der Waals surface area contributed by atoms with Crippen LogP contribution in [0.2, 0.25) is 0 Å². The molecule has 0 aliphatic carbocycles. The van der Waals surface area contributed by atoms with E-state index >= 15 is 0 Å². The molecule has 0 saturated heterocycles. The molecule has 2 aromatic carbocycles. The van der Waals surface area contributed by atoms with Crippen LogP contribution in [0.1, 0.15) is 35.2 Å². The lowest BCUT2D eigenvalue weighted by atomic mass is 10.0. The maximum atomic E-state index is 13.4. The SMILES string of the molecule is Cc1ccc(C2=NN(C(=O)Cn3nc(C)nc3-c3ccccc3)C(c3ccco3)C2)cc1. The van der Waals surface area contributed by atoms with Gasteiger partial charge in [0.25, 0.3) is 5.91 Å². The van der Waals surface area contributed by atoms with Gasteiger partial charge in [0.2, 0.25) is 0 Å². The Morgan fingerprint density at radius 1 is 1.00 bits per heavy atom. The van der Waals surface area contributed by atoms with Gasteiger partial charge >= 0.3 is 0 Å². The molecule has 0 spiro atoms. The Morgan fingerprint density at radius 3 is 2.50 bits per heavy atom. The van der Waals surface area contributed by atoms with Crippen LogP contribution in [0.15, 0.2) is 82.5 Å². The van der Waals surface area contributed by atoms with E-state index in [0.29, 0.717) is 23.8 Å². The third-order valence-electron chi connectivity index (χ3n) is 5.52. The van der Waals surface area contributed by atoms with E-state index in [0.717, 1.165) is 16.8 Å². The summed E-state index contributed by atoms with van der Waals surface area (Å²) in [6.07, 6.45) is 2.21. The lowest BCUT2D eigenvalue weighted by molar-refractivity contribution is -0.134. The van der Waals surface area contributed by atoms with Crippen molar-refractivity contribution in [3.8, 4) is 11.4 Å². The van der Waals surface area contributed by atoms with Crippen molar-refractivity contribution in [3.05, 3.63) is 95.7 Å².